The summed E-state index contributed by atoms with van der Waals surface area (Å²) >= 11 is 3.23. The van der Waals surface area contributed by atoms with Gasteiger partial charge in [-0.15, -0.1) is 6.58 Å². The Morgan fingerprint density at radius 2 is 2.13 bits per heavy atom. The molecule has 1 aromatic rings. The average Bonchev–Trinajstić information content (AvgIpc) is 2.54. The Hall–Kier alpha value is -1.54. The van der Waals surface area contributed by atoms with Crippen LogP contribution in [0.25, 0.3) is 0 Å². The molecule has 1 amide bonds. The monoisotopic (exact) mass is 388 g/mol. The molecule has 1 aliphatic heterocycles. The van der Waals surface area contributed by atoms with E-state index >= 15 is 0 Å². The molecule has 0 saturated carbocycles. The van der Waals surface area contributed by atoms with Gasteiger partial charge in [-0.05, 0) is 22.0 Å². The first kappa shape index (κ1) is 17.8. The van der Waals surface area contributed by atoms with Crippen molar-refractivity contribution in [3.8, 4) is 0 Å². The third kappa shape index (κ3) is 4.71. The molecule has 1 N–H and O–H groups in total. The molecular formula is C15H19BrF2N4O. The van der Waals surface area contributed by atoms with E-state index in [-0.39, 0.29) is 11.5 Å². The molecule has 8 heteroatoms. The Morgan fingerprint density at radius 3 is 2.74 bits per heavy atom. The smallest absolute Gasteiger partial charge is 0.265 e. The topological polar surface area (TPSA) is 48.5 Å². The van der Waals surface area contributed by atoms with Gasteiger partial charge in [0, 0.05) is 44.5 Å². The van der Waals surface area contributed by atoms with E-state index in [1.165, 1.54) is 12.3 Å². The molecular weight excluding hydrogens is 370 g/mol. The van der Waals surface area contributed by atoms with E-state index in [0.717, 1.165) is 0 Å². The first-order valence-electron chi connectivity index (χ1n) is 7.30. The van der Waals surface area contributed by atoms with Gasteiger partial charge >= 0.3 is 0 Å². The van der Waals surface area contributed by atoms with Crippen LogP contribution in [-0.4, -0.2) is 55.1 Å². The maximum atomic E-state index is 12.9. The zero-order valence-electron chi connectivity index (χ0n) is 12.6. The number of nitrogens with one attached hydrogen (secondary N) is 1. The third-order valence-electron chi connectivity index (χ3n) is 3.62. The highest BCUT2D eigenvalue weighted by Gasteiger charge is 2.23. The fourth-order valence-corrected chi connectivity index (χ4v) is 3.06. The van der Waals surface area contributed by atoms with Crippen molar-refractivity contribution in [3.63, 3.8) is 0 Å². The number of anilines is 1. The number of hydrogen-bond donors (Lipinski definition) is 1. The van der Waals surface area contributed by atoms with Gasteiger partial charge in [0.2, 0.25) is 5.91 Å². The van der Waals surface area contributed by atoms with Crippen LogP contribution in [0.2, 0.25) is 0 Å². The predicted molar refractivity (Wildman–Crippen MR) is 88.8 cm³/mol. The maximum Gasteiger partial charge on any atom is 0.265 e. The van der Waals surface area contributed by atoms with Gasteiger partial charge in [0.1, 0.15) is 5.82 Å². The lowest BCUT2D eigenvalue weighted by Gasteiger charge is -2.35. The number of aromatic nitrogens is 1. The Bertz CT molecular complexity index is 562. The highest BCUT2D eigenvalue weighted by Crippen LogP contribution is 2.33. The van der Waals surface area contributed by atoms with E-state index in [1.807, 2.05) is 9.80 Å². The Labute approximate surface area is 142 Å². The number of alkyl halides is 2. The molecule has 1 fully saturated rings. The fourth-order valence-electron chi connectivity index (χ4n) is 2.40. The van der Waals surface area contributed by atoms with Gasteiger partial charge in [0.15, 0.2) is 0 Å². The molecule has 1 saturated heterocycles. The molecule has 2 rings (SSSR count). The molecule has 0 radical (unpaired) electrons. The van der Waals surface area contributed by atoms with Crippen LogP contribution in [0, 0.1) is 0 Å². The second-order valence-electron chi connectivity index (χ2n) is 5.19. The summed E-state index contributed by atoms with van der Waals surface area (Å²) in [5.41, 5.74) is -0.0544. The van der Waals surface area contributed by atoms with Gasteiger partial charge in [-0.3, -0.25) is 9.69 Å². The number of rotatable bonds is 6. The molecule has 0 atom stereocenters. The van der Waals surface area contributed by atoms with Crippen LogP contribution < -0.4 is 10.2 Å². The molecule has 0 bridgehead atoms. The first-order valence-corrected chi connectivity index (χ1v) is 8.09. The van der Waals surface area contributed by atoms with Crippen molar-refractivity contribution in [2.24, 2.45) is 0 Å². The van der Waals surface area contributed by atoms with Gasteiger partial charge in [0.05, 0.1) is 11.0 Å². The van der Waals surface area contributed by atoms with E-state index in [4.69, 9.17) is 0 Å². The molecule has 0 aliphatic carbocycles. The second kappa shape index (κ2) is 8.35. The number of amides is 1. The van der Waals surface area contributed by atoms with Crippen molar-refractivity contribution < 1.29 is 13.6 Å². The van der Waals surface area contributed by atoms with Gasteiger partial charge in [-0.2, -0.15) is 0 Å². The van der Waals surface area contributed by atoms with E-state index < -0.39 is 6.43 Å². The minimum atomic E-state index is -2.54. The van der Waals surface area contributed by atoms with Crippen LogP contribution in [0.3, 0.4) is 0 Å². The zero-order valence-corrected chi connectivity index (χ0v) is 14.2. The van der Waals surface area contributed by atoms with Crippen molar-refractivity contribution in [1.29, 1.82) is 0 Å². The van der Waals surface area contributed by atoms with Crippen LogP contribution >= 0.6 is 15.9 Å². The summed E-state index contributed by atoms with van der Waals surface area (Å²) in [6, 6.07) is 1.32. The highest BCUT2D eigenvalue weighted by atomic mass is 79.9. The molecule has 5 nitrogen and oxygen atoms in total. The summed E-state index contributed by atoms with van der Waals surface area (Å²) in [5.74, 6) is 0.482. The van der Waals surface area contributed by atoms with E-state index in [9.17, 15) is 13.6 Å². The van der Waals surface area contributed by atoms with Crippen molar-refractivity contribution in [2.45, 2.75) is 6.43 Å². The van der Waals surface area contributed by atoms with E-state index in [2.05, 4.69) is 32.8 Å². The Kier molecular flexibility index (Phi) is 6.47. The standard InChI is InChI=1S/C15H19BrF2N4O/c1-2-4-19-12(23)10-21-6-8-22(9-7-21)15-13(16)11(14(17)18)3-5-20-15/h2-3,5,14H,1,4,6-10H2,(H,19,23). The fraction of sp³-hybridized carbons (Fsp3) is 0.467. The Balaban J connectivity index is 1.93. The summed E-state index contributed by atoms with van der Waals surface area (Å²) < 4.78 is 26.2. The molecule has 0 aromatic carbocycles. The second-order valence-corrected chi connectivity index (χ2v) is 5.99. The minimum absolute atomic E-state index is 0.0441. The van der Waals surface area contributed by atoms with E-state index in [0.29, 0.717) is 49.6 Å². The van der Waals surface area contributed by atoms with Crippen molar-refractivity contribution in [3.05, 3.63) is 35.0 Å². The molecule has 23 heavy (non-hydrogen) atoms. The molecule has 0 spiro atoms. The number of piperazine rings is 1. The molecule has 0 unspecified atom stereocenters. The van der Waals surface area contributed by atoms with Crippen molar-refractivity contribution >= 4 is 27.7 Å². The summed E-state index contributed by atoms with van der Waals surface area (Å²) in [6.45, 7) is 6.95. The first-order chi connectivity index (χ1) is 11.0. The normalized spacial score (nSPS) is 15.7. The quantitative estimate of drug-likeness (QED) is 0.759. The molecule has 126 valence electrons. The highest BCUT2D eigenvalue weighted by molar-refractivity contribution is 9.10. The summed E-state index contributed by atoms with van der Waals surface area (Å²) in [4.78, 5) is 19.9. The summed E-state index contributed by atoms with van der Waals surface area (Å²) in [7, 11) is 0. The Morgan fingerprint density at radius 1 is 1.43 bits per heavy atom. The third-order valence-corrected chi connectivity index (χ3v) is 4.43. The van der Waals surface area contributed by atoms with Gasteiger partial charge in [-0.25, -0.2) is 13.8 Å². The largest absolute Gasteiger partial charge is 0.353 e. The van der Waals surface area contributed by atoms with Crippen molar-refractivity contribution in [2.75, 3.05) is 44.2 Å². The van der Waals surface area contributed by atoms with Crippen LogP contribution in [0.5, 0.6) is 0 Å². The number of carbonyl (C=O) groups excluding carboxylic acids is 1. The molecule has 1 aromatic heterocycles. The lowest BCUT2D eigenvalue weighted by molar-refractivity contribution is -0.122. The molecule has 2 heterocycles. The maximum absolute atomic E-state index is 12.9. The number of nitrogens with zero attached hydrogens (tertiary/aromatic N) is 3. The summed E-state index contributed by atoms with van der Waals surface area (Å²) in [6.07, 6.45) is 0.493. The lowest BCUT2D eigenvalue weighted by atomic mass is 10.2. The minimum Gasteiger partial charge on any atom is -0.353 e. The van der Waals surface area contributed by atoms with Crippen LogP contribution in [-0.2, 0) is 4.79 Å². The zero-order chi connectivity index (χ0) is 16.8. The van der Waals surface area contributed by atoms with Crippen LogP contribution in [0.1, 0.15) is 12.0 Å². The number of halogens is 3. The van der Waals surface area contributed by atoms with E-state index in [1.54, 1.807) is 6.08 Å². The van der Waals surface area contributed by atoms with Crippen LogP contribution in [0.4, 0.5) is 14.6 Å². The predicted octanol–water partition coefficient (Wildman–Crippen LogP) is 2.21. The average molecular weight is 389 g/mol. The van der Waals surface area contributed by atoms with Crippen LogP contribution in [0.15, 0.2) is 29.4 Å². The van der Waals surface area contributed by atoms with Gasteiger partial charge < -0.3 is 10.2 Å². The molecule has 1 aliphatic rings. The SMILES string of the molecule is C=CCNC(=O)CN1CCN(c2nccc(C(F)F)c2Br)CC1. The van der Waals surface area contributed by atoms with Gasteiger partial charge in [0.25, 0.3) is 6.43 Å². The number of hydrogen-bond acceptors (Lipinski definition) is 4. The van der Waals surface area contributed by atoms with Crippen molar-refractivity contribution in [1.82, 2.24) is 15.2 Å². The summed E-state index contributed by atoms with van der Waals surface area (Å²) in [5, 5.41) is 2.74. The van der Waals surface area contributed by atoms with Gasteiger partial charge in [-0.1, -0.05) is 6.08 Å². The lowest BCUT2D eigenvalue weighted by Crippen LogP contribution is -2.49. The number of carbonyl (C=O) groups is 1. The number of pyridine rings is 1.